The standard InChI is InChI=1S/C11H15N5O.2CHN/c1-7(2)16-9-4-8(6-14-12)5-13-10(9)15(3)11(16)17;2*1-2/h4-7H,12H2,1-3H3;2*1H. The Balaban J connectivity index is 0.000000921. The molecule has 0 bridgehead atoms. The van der Waals surface area contributed by atoms with Gasteiger partial charge in [-0.25, -0.2) is 20.3 Å². The van der Waals surface area contributed by atoms with Crippen molar-refractivity contribution in [3.05, 3.63) is 28.3 Å². The van der Waals surface area contributed by atoms with Crippen LogP contribution in [0.3, 0.4) is 0 Å². The molecular formula is C13H17N7O. The number of aryl methyl sites for hydroxylation is 1. The molecule has 0 fully saturated rings. The summed E-state index contributed by atoms with van der Waals surface area (Å²) >= 11 is 0. The first-order chi connectivity index (χ1) is 10.1. The van der Waals surface area contributed by atoms with Gasteiger partial charge in [-0.1, -0.05) is 0 Å². The number of pyridine rings is 1. The van der Waals surface area contributed by atoms with Gasteiger partial charge in [-0.05, 0) is 19.9 Å². The van der Waals surface area contributed by atoms with Gasteiger partial charge in [0.2, 0.25) is 0 Å². The lowest BCUT2D eigenvalue weighted by molar-refractivity contribution is 0.583. The molecule has 8 nitrogen and oxygen atoms in total. The van der Waals surface area contributed by atoms with Crippen molar-refractivity contribution in [2.75, 3.05) is 0 Å². The van der Waals surface area contributed by atoms with E-state index < -0.39 is 0 Å². The number of hydrogen-bond donors (Lipinski definition) is 1. The van der Waals surface area contributed by atoms with Crippen molar-refractivity contribution in [3.63, 3.8) is 0 Å². The summed E-state index contributed by atoms with van der Waals surface area (Å²) in [6.45, 7) is 10.9. The molecule has 110 valence electrons. The number of hydrazone groups is 1. The summed E-state index contributed by atoms with van der Waals surface area (Å²) in [6, 6.07) is 1.94. The molecular weight excluding hydrogens is 270 g/mol. The summed E-state index contributed by atoms with van der Waals surface area (Å²) < 4.78 is 3.24. The van der Waals surface area contributed by atoms with E-state index >= 15 is 0 Å². The van der Waals surface area contributed by atoms with Crippen molar-refractivity contribution >= 4 is 17.4 Å². The monoisotopic (exact) mass is 287 g/mol. The molecule has 0 spiro atoms. The van der Waals surface area contributed by atoms with Gasteiger partial charge in [0.25, 0.3) is 0 Å². The molecule has 21 heavy (non-hydrogen) atoms. The van der Waals surface area contributed by atoms with E-state index in [1.807, 2.05) is 19.9 Å². The summed E-state index contributed by atoms with van der Waals surface area (Å²) in [5.41, 5.74) is 2.17. The van der Waals surface area contributed by atoms with Crippen LogP contribution in [0.1, 0.15) is 25.5 Å². The van der Waals surface area contributed by atoms with Crippen molar-refractivity contribution in [2.24, 2.45) is 18.0 Å². The molecule has 2 aromatic heterocycles. The lowest BCUT2D eigenvalue weighted by atomic mass is 10.3. The molecule has 0 aliphatic rings. The normalized spacial score (nSPS) is 9.90. The molecule has 2 rings (SSSR count). The minimum atomic E-state index is -0.0654. The number of nitriles is 2. The van der Waals surface area contributed by atoms with Crippen LogP contribution in [0.4, 0.5) is 0 Å². The van der Waals surface area contributed by atoms with Crippen LogP contribution in [0.2, 0.25) is 0 Å². The Bertz CT molecular complexity index is 712. The summed E-state index contributed by atoms with van der Waals surface area (Å²) in [4.78, 5) is 16.3. The molecule has 2 heterocycles. The maximum absolute atomic E-state index is 12.0. The Hall–Kier alpha value is -3.13. The highest BCUT2D eigenvalue weighted by Gasteiger charge is 2.14. The van der Waals surface area contributed by atoms with Gasteiger partial charge in [0.05, 0.1) is 11.7 Å². The molecule has 0 amide bonds. The van der Waals surface area contributed by atoms with E-state index in [0.29, 0.717) is 5.65 Å². The fraction of sp³-hybridized carbons (Fsp3) is 0.308. The van der Waals surface area contributed by atoms with Crippen LogP contribution in [0, 0.1) is 23.7 Å². The highest BCUT2D eigenvalue weighted by molar-refractivity contribution is 5.85. The van der Waals surface area contributed by atoms with Gasteiger partial charge < -0.3 is 5.84 Å². The van der Waals surface area contributed by atoms with Gasteiger partial charge in [0.1, 0.15) is 0 Å². The van der Waals surface area contributed by atoms with E-state index in [2.05, 4.69) is 23.2 Å². The predicted octanol–water partition coefficient (Wildman–Crippen LogP) is 0.888. The van der Waals surface area contributed by atoms with E-state index in [1.165, 1.54) is 6.21 Å². The molecule has 0 aromatic carbocycles. The zero-order valence-corrected chi connectivity index (χ0v) is 12.1. The smallest absolute Gasteiger partial charge is 0.323 e. The van der Waals surface area contributed by atoms with Crippen LogP contribution in [0.15, 0.2) is 22.2 Å². The lowest BCUT2D eigenvalue weighted by Gasteiger charge is -2.06. The van der Waals surface area contributed by atoms with Crippen molar-refractivity contribution in [1.82, 2.24) is 14.1 Å². The topological polar surface area (TPSA) is 126 Å². The molecule has 0 saturated carbocycles. The first-order valence-electron chi connectivity index (χ1n) is 5.88. The molecule has 0 saturated heterocycles. The summed E-state index contributed by atoms with van der Waals surface area (Å²) in [6.07, 6.45) is 3.15. The third-order valence-electron chi connectivity index (χ3n) is 2.68. The maximum atomic E-state index is 12.0. The average molecular weight is 287 g/mol. The highest BCUT2D eigenvalue weighted by atomic mass is 16.1. The lowest BCUT2D eigenvalue weighted by Crippen LogP contribution is -2.23. The van der Waals surface area contributed by atoms with Gasteiger partial charge in [0, 0.05) is 38.0 Å². The molecule has 0 radical (unpaired) electrons. The molecule has 0 aliphatic carbocycles. The summed E-state index contributed by atoms with van der Waals surface area (Å²) in [5.74, 6) is 5.11. The van der Waals surface area contributed by atoms with Crippen LogP contribution in [0.5, 0.6) is 0 Å². The van der Waals surface area contributed by atoms with Crippen LogP contribution in [-0.4, -0.2) is 20.3 Å². The average Bonchev–Trinajstić information content (AvgIpc) is 2.75. The third kappa shape index (κ3) is 3.45. The predicted molar refractivity (Wildman–Crippen MR) is 80.5 cm³/mol. The Morgan fingerprint density at radius 2 is 1.95 bits per heavy atom. The van der Waals surface area contributed by atoms with Gasteiger partial charge in [-0.15, -0.1) is 0 Å². The van der Waals surface area contributed by atoms with E-state index in [4.69, 9.17) is 16.4 Å². The first-order valence-corrected chi connectivity index (χ1v) is 5.88. The largest absolute Gasteiger partial charge is 0.330 e. The molecule has 2 N–H and O–H groups in total. The van der Waals surface area contributed by atoms with Gasteiger partial charge >= 0.3 is 5.69 Å². The number of aromatic nitrogens is 3. The van der Waals surface area contributed by atoms with Crippen LogP contribution in [0.25, 0.3) is 11.2 Å². The quantitative estimate of drug-likeness (QED) is 0.498. The van der Waals surface area contributed by atoms with Crippen molar-refractivity contribution in [2.45, 2.75) is 19.9 Å². The van der Waals surface area contributed by atoms with E-state index in [0.717, 1.165) is 11.1 Å². The molecule has 0 atom stereocenters. The fourth-order valence-corrected chi connectivity index (χ4v) is 1.91. The van der Waals surface area contributed by atoms with Crippen molar-refractivity contribution < 1.29 is 0 Å². The minimum Gasteiger partial charge on any atom is -0.323 e. The summed E-state index contributed by atoms with van der Waals surface area (Å²) in [7, 11) is 1.72. The van der Waals surface area contributed by atoms with Crippen molar-refractivity contribution in [3.8, 4) is 13.1 Å². The Labute approximate surface area is 122 Å². The van der Waals surface area contributed by atoms with E-state index in [9.17, 15) is 4.79 Å². The number of nitrogens with zero attached hydrogens (tertiary/aromatic N) is 6. The van der Waals surface area contributed by atoms with Crippen LogP contribution < -0.4 is 11.5 Å². The maximum Gasteiger partial charge on any atom is 0.330 e. The Morgan fingerprint density at radius 3 is 2.43 bits per heavy atom. The Morgan fingerprint density at radius 1 is 1.38 bits per heavy atom. The molecule has 2 aromatic rings. The number of imidazole rings is 1. The second-order valence-electron chi connectivity index (χ2n) is 4.19. The van der Waals surface area contributed by atoms with Gasteiger partial charge in [0.15, 0.2) is 5.65 Å². The molecule has 8 heteroatoms. The molecule has 0 aliphatic heterocycles. The third-order valence-corrected chi connectivity index (χ3v) is 2.68. The van der Waals surface area contributed by atoms with Crippen LogP contribution >= 0.6 is 0 Å². The number of nitrogens with two attached hydrogens (primary N) is 1. The molecule has 0 unspecified atom stereocenters. The second-order valence-corrected chi connectivity index (χ2v) is 4.19. The fourth-order valence-electron chi connectivity index (χ4n) is 1.91. The first kappa shape index (κ1) is 17.9. The number of hydrogen-bond acceptors (Lipinski definition) is 6. The second kappa shape index (κ2) is 8.12. The Kier molecular flexibility index (Phi) is 6.91. The van der Waals surface area contributed by atoms with Crippen LogP contribution in [-0.2, 0) is 7.05 Å². The minimum absolute atomic E-state index is 0.0654. The summed E-state index contributed by atoms with van der Waals surface area (Å²) in [5, 5.41) is 16.5. The zero-order chi connectivity index (χ0) is 16.6. The SMILES string of the molecule is C#N.C#N.CC(C)n1c(=O)n(C)c2ncc(C=NN)cc21. The van der Waals surface area contributed by atoms with E-state index in [1.54, 1.807) is 22.4 Å². The van der Waals surface area contributed by atoms with E-state index in [-0.39, 0.29) is 11.7 Å². The highest BCUT2D eigenvalue weighted by Crippen LogP contribution is 2.15. The number of rotatable bonds is 2. The van der Waals surface area contributed by atoms with Gasteiger partial charge in [-0.2, -0.15) is 5.10 Å². The van der Waals surface area contributed by atoms with Crippen molar-refractivity contribution in [1.29, 1.82) is 10.5 Å². The number of fused-ring (bicyclic) bond motifs is 1. The zero-order valence-electron chi connectivity index (χ0n) is 12.1. The van der Waals surface area contributed by atoms with Gasteiger partial charge in [-0.3, -0.25) is 9.13 Å².